The van der Waals surface area contributed by atoms with Crippen LogP contribution in [0, 0.1) is 11.3 Å². The molecule has 134 valence electrons. The molecule has 4 heteroatoms. The van der Waals surface area contributed by atoms with E-state index in [2.05, 4.69) is 23.5 Å². The first-order valence-corrected chi connectivity index (χ1v) is 9.08. The Bertz CT molecular complexity index is 745. The molecule has 1 aliphatic rings. The Labute approximate surface area is 155 Å². The van der Waals surface area contributed by atoms with Crippen molar-refractivity contribution in [3.8, 4) is 6.07 Å². The molecule has 0 bridgehead atoms. The normalized spacial score (nSPS) is 17.9. The van der Waals surface area contributed by atoms with Crippen LogP contribution in [0.3, 0.4) is 0 Å². The minimum Gasteiger partial charge on any atom is -0.463 e. The van der Waals surface area contributed by atoms with Crippen LogP contribution >= 0.6 is 0 Å². The molecular formula is C22H24N2O2. The average Bonchev–Trinajstić information content (AvgIpc) is 2.72. The second kappa shape index (κ2) is 9.76. The van der Waals surface area contributed by atoms with Crippen molar-refractivity contribution in [2.24, 2.45) is 0 Å². The molecular weight excluding hydrogens is 324 g/mol. The lowest BCUT2D eigenvalue weighted by Gasteiger charge is -2.25. The van der Waals surface area contributed by atoms with Crippen LogP contribution in [0.25, 0.3) is 5.76 Å². The third-order valence-corrected chi connectivity index (χ3v) is 4.31. The Morgan fingerprint density at radius 3 is 2.46 bits per heavy atom. The van der Waals surface area contributed by atoms with Gasteiger partial charge in [-0.2, -0.15) is 5.26 Å². The second-order valence-corrected chi connectivity index (χ2v) is 6.29. The average molecular weight is 348 g/mol. The number of nitriles is 1. The summed E-state index contributed by atoms with van der Waals surface area (Å²) in [5.41, 5.74) is 2.67. The summed E-state index contributed by atoms with van der Waals surface area (Å²) in [5, 5.41) is 13.1. The van der Waals surface area contributed by atoms with Gasteiger partial charge < -0.3 is 14.8 Å². The molecule has 1 fully saturated rings. The van der Waals surface area contributed by atoms with E-state index >= 15 is 0 Å². The Morgan fingerprint density at radius 2 is 1.81 bits per heavy atom. The van der Waals surface area contributed by atoms with Gasteiger partial charge >= 0.3 is 0 Å². The van der Waals surface area contributed by atoms with E-state index in [0.717, 1.165) is 24.8 Å². The summed E-state index contributed by atoms with van der Waals surface area (Å²) in [6.45, 7) is 1.86. The smallest absolute Gasteiger partial charge is 0.199 e. The van der Waals surface area contributed by atoms with Crippen LogP contribution in [0.15, 0.2) is 66.2 Å². The van der Waals surface area contributed by atoms with Gasteiger partial charge in [0.05, 0.1) is 18.2 Å². The van der Waals surface area contributed by atoms with Crippen molar-refractivity contribution in [3.05, 3.63) is 77.4 Å². The van der Waals surface area contributed by atoms with E-state index < -0.39 is 0 Å². The van der Waals surface area contributed by atoms with Crippen LogP contribution in [-0.2, 0) is 16.0 Å². The first-order valence-electron chi connectivity index (χ1n) is 9.08. The molecule has 3 rings (SSSR count). The molecule has 1 atom stereocenters. The zero-order chi connectivity index (χ0) is 18.0. The molecule has 1 N–H and O–H groups in total. The van der Waals surface area contributed by atoms with E-state index in [-0.39, 0.29) is 6.29 Å². The Hall–Kier alpha value is -2.61. The zero-order valence-corrected chi connectivity index (χ0v) is 14.9. The van der Waals surface area contributed by atoms with Crippen molar-refractivity contribution < 1.29 is 9.47 Å². The first kappa shape index (κ1) is 18.2. The van der Waals surface area contributed by atoms with E-state index in [1.165, 1.54) is 5.56 Å². The van der Waals surface area contributed by atoms with Crippen molar-refractivity contribution >= 4 is 5.76 Å². The van der Waals surface area contributed by atoms with E-state index in [1.54, 1.807) is 0 Å². The molecule has 1 saturated heterocycles. The van der Waals surface area contributed by atoms with Gasteiger partial charge in [-0.15, -0.1) is 0 Å². The summed E-state index contributed by atoms with van der Waals surface area (Å²) in [6.07, 6.45) is 2.72. The Balaban J connectivity index is 1.75. The van der Waals surface area contributed by atoms with Gasteiger partial charge in [-0.1, -0.05) is 60.7 Å². The molecule has 2 aromatic rings. The fourth-order valence-electron chi connectivity index (χ4n) is 2.94. The second-order valence-electron chi connectivity index (χ2n) is 6.29. The molecule has 2 aromatic carbocycles. The predicted molar refractivity (Wildman–Crippen MR) is 102 cm³/mol. The highest BCUT2D eigenvalue weighted by atomic mass is 16.7. The molecule has 0 spiro atoms. The molecule has 0 saturated carbocycles. The summed E-state index contributed by atoms with van der Waals surface area (Å²) in [7, 11) is 0. The third-order valence-electron chi connectivity index (χ3n) is 4.31. The van der Waals surface area contributed by atoms with Gasteiger partial charge in [0.25, 0.3) is 0 Å². The maximum atomic E-state index is 9.72. The molecule has 26 heavy (non-hydrogen) atoms. The van der Waals surface area contributed by atoms with Crippen molar-refractivity contribution in [3.63, 3.8) is 0 Å². The van der Waals surface area contributed by atoms with Gasteiger partial charge in [-0.25, -0.2) is 0 Å². The van der Waals surface area contributed by atoms with Gasteiger partial charge in [0.1, 0.15) is 5.76 Å². The topological polar surface area (TPSA) is 54.3 Å². The van der Waals surface area contributed by atoms with Gasteiger partial charge in [0, 0.05) is 25.1 Å². The third kappa shape index (κ3) is 5.19. The molecule has 0 aliphatic carbocycles. The molecule has 4 nitrogen and oxygen atoms in total. The van der Waals surface area contributed by atoms with E-state index in [1.807, 2.05) is 48.5 Å². The fraction of sp³-hybridized carbons (Fsp3) is 0.318. The zero-order valence-electron chi connectivity index (χ0n) is 14.9. The van der Waals surface area contributed by atoms with Crippen molar-refractivity contribution in [2.75, 3.05) is 13.2 Å². The highest BCUT2D eigenvalue weighted by molar-refractivity contribution is 5.67. The van der Waals surface area contributed by atoms with Crippen LogP contribution < -0.4 is 5.32 Å². The van der Waals surface area contributed by atoms with Crippen LogP contribution in [0.5, 0.6) is 0 Å². The van der Waals surface area contributed by atoms with Crippen LogP contribution in [0.1, 0.15) is 30.4 Å². The Kier molecular flexibility index (Phi) is 6.83. The Morgan fingerprint density at radius 1 is 1.08 bits per heavy atom. The van der Waals surface area contributed by atoms with Gasteiger partial charge in [0.2, 0.25) is 0 Å². The molecule has 1 unspecified atom stereocenters. The number of nitrogens with zero attached hydrogens (tertiary/aromatic N) is 1. The number of hydrogen-bond acceptors (Lipinski definition) is 4. The lowest BCUT2D eigenvalue weighted by Crippen LogP contribution is -2.23. The maximum absolute atomic E-state index is 9.72. The highest BCUT2D eigenvalue weighted by Gasteiger charge is 2.20. The SMILES string of the molecule is N#C/C(CNCc1ccccc1)=C(\OC1CCCCO1)c1ccccc1. The molecule has 0 aromatic heterocycles. The summed E-state index contributed by atoms with van der Waals surface area (Å²) in [5.74, 6) is 0.612. The minimum absolute atomic E-state index is 0.281. The number of rotatable bonds is 7. The fourth-order valence-corrected chi connectivity index (χ4v) is 2.94. The maximum Gasteiger partial charge on any atom is 0.199 e. The number of nitrogens with one attached hydrogen (secondary N) is 1. The van der Waals surface area contributed by atoms with E-state index in [9.17, 15) is 5.26 Å². The number of hydrogen-bond donors (Lipinski definition) is 1. The monoisotopic (exact) mass is 348 g/mol. The molecule has 1 heterocycles. The van der Waals surface area contributed by atoms with E-state index in [0.29, 0.717) is 31.0 Å². The van der Waals surface area contributed by atoms with Gasteiger partial charge in [-0.05, 0) is 18.4 Å². The predicted octanol–water partition coefficient (Wildman–Crippen LogP) is 4.25. The minimum atomic E-state index is -0.281. The standard InChI is InChI=1S/C22H24N2O2/c23-15-20(17-24-16-18-9-3-1-4-10-18)22(19-11-5-2-6-12-19)26-21-13-7-8-14-25-21/h1-6,9-12,21,24H,7-8,13-14,16-17H2/b22-20+. The number of benzene rings is 2. The van der Waals surface area contributed by atoms with Gasteiger partial charge in [0.15, 0.2) is 6.29 Å². The van der Waals surface area contributed by atoms with Crippen LogP contribution in [0.2, 0.25) is 0 Å². The van der Waals surface area contributed by atoms with Crippen molar-refractivity contribution in [1.82, 2.24) is 5.32 Å². The molecule has 1 aliphatic heterocycles. The largest absolute Gasteiger partial charge is 0.463 e. The summed E-state index contributed by atoms with van der Waals surface area (Å²) in [6, 6.07) is 22.2. The first-order chi connectivity index (χ1) is 12.9. The highest BCUT2D eigenvalue weighted by Crippen LogP contribution is 2.25. The summed E-state index contributed by atoms with van der Waals surface area (Å²) in [4.78, 5) is 0. The van der Waals surface area contributed by atoms with Gasteiger partial charge in [-0.3, -0.25) is 0 Å². The summed E-state index contributed by atoms with van der Waals surface area (Å²) >= 11 is 0. The van der Waals surface area contributed by atoms with Crippen LogP contribution in [0.4, 0.5) is 0 Å². The quantitative estimate of drug-likeness (QED) is 0.600. The number of ether oxygens (including phenoxy) is 2. The lowest BCUT2D eigenvalue weighted by molar-refractivity contribution is -0.121. The van der Waals surface area contributed by atoms with Crippen molar-refractivity contribution in [2.45, 2.75) is 32.1 Å². The molecule has 0 radical (unpaired) electrons. The van der Waals surface area contributed by atoms with Crippen LogP contribution in [-0.4, -0.2) is 19.4 Å². The summed E-state index contributed by atoms with van der Waals surface area (Å²) < 4.78 is 11.8. The van der Waals surface area contributed by atoms with E-state index in [4.69, 9.17) is 9.47 Å². The molecule has 0 amide bonds. The lowest BCUT2D eigenvalue weighted by atomic mass is 10.1. The van der Waals surface area contributed by atoms with Crippen molar-refractivity contribution in [1.29, 1.82) is 5.26 Å².